The Balaban J connectivity index is 0.000000166. The Morgan fingerprint density at radius 1 is 0.180 bits per heavy atom. The average molecular weight is 2430 g/mol. The van der Waals surface area contributed by atoms with E-state index in [-0.39, 0.29) is 95.4 Å². The normalized spacial score (nSPS) is 10.7. The number of benzene rings is 17. The van der Waals surface area contributed by atoms with E-state index >= 15 is 0 Å². The minimum absolute atomic E-state index is 0. The topological polar surface area (TPSA) is 51.6 Å². The molecule has 0 saturated carbocycles. The molecule has 21 aromatic rings. The van der Waals surface area contributed by atoms with Crippen molar-refractivity contribution in [1.29, 1.82) is 0 Å². The molecule has 21 rings (SSSR count). The van der Waals surface area contributed by atoms with Crippen LogP contribution in [0.15, 0.2) is 492 Å². The summed E-state index contributed by atoms with van der Waals surface area (Å²) in [4.78, 5) is 17.1. The third kappa shape index (κ3) is 31.7. The molecule has 0 saturated heterocycles. The second-order valence-corrected chi connectivity index (χ2v) is 28.9. The second kappa shape index (κ2) is 56.0. The fourth-order valence-electron chi connectivity index (χ4n) is 13.4. The maximum absolute atomic E-state index is 7.77. The first kappa shape index (κ1) is 92.4. The van der Waals surface area contributed by atoms with Gasteiger partial charge < -0.3 is 19.9 Å². The van der Waals surface area contributed by atoms with Gasteiger partial charge in [-0.15, -0.1) is 209 Å². The maximum Gasteiger partial charge on any atom is 0.0280 e. The Morgan fingerprint density at radius 3 is 0.677 bits per heavy atom. The van der Waals surface area contributed by atoms with E-state index < -0.39 is 13.7 Å². The smallest absolute Gasteiger partial charge is 0.0280 e. The van der Waals surface area contributed by atoms with E-state index in [0.29, 0.717) is 22.5 Å². The summed E-state index contributed by atoms with van der Waals surface area (Å²) in [6.07, 6.45) is 6.48. The summed E-state index contributed by atoms with van der Waals surface area (Å²) in [6, 6.07) is 191. The molecule has 0 radical (unpaired) electrons. The molecule has 0 N–H and O–H groups in total. The zero-order valence-corrected chi connectivity index (χ0v) is 81.4. The second-order valence-electron chi connectivity index (χ2n) is 28.9. The van der Waals surface area contributed by atoms with Crippen molar-refractivity contribution in [2.45, 2.75) is 20.6 Å². The molecule has 0 spiro atoms. The number of hydrogen-bond donors (Lipinski definition) is 0. The van der Waals surface area contributed by atoms with Crippen molar-refractivity contribution in [3.63, 3.8) is 0 Å². The van der Waals surface area contributed by atoms with Crippen LogP contribution in [0.2, 0.25) is 0 Å². The van der Waals surface area contributed by atoms with Crippen LogP contribution in [0.1, 0.15) is 24.9 Å². The molecule has 0 amide bonds. The third-order valence-corrected chi connectivity index (χ3v) is 20.0. The van der Waals surface area contributed by atoms with Crippen LogP contribution in [0.25, 0.3) is 145 Å². The Kier molecular flexibility index (Phi) is 38.9. The minimum atomic E-state index is -2.20. The van der Waals surface area contributed by atoms with Gasteiger partial charge in [0.25, 0.3) is 0 Å². The average Bonchev–Trinajstić information content (AvgIpc) is 0.790. The number of rotatable bonds is 13. The molecule has 0 bridgehead atoms. The first-order valence-electron chi connectivity index (χ1n) is 45.1. The van der Waals surface area contributed by atoms with E-state index in [4.69, 9.17) is 8.22 Å². The molecular formula is C125H90N4Pt4-12. The van der Waals surface area contributed by atoms with Gasteiger partial charge in [-0.1, -0.05) is 188 Å². The van der Waals surface area contributed by atoms with Crippen LogP contribution in [0.4, 0.5) is 0 Å². The molecule has 0 fully saturated rings. The number of aromatic nitrogens is 4. The van der Waals surface area contributed by atoms with Gasteiger partial charge in [-0.05, 0) is 106 Å². The molecule has 4 nitrogen and oxygen atoms in total. The molecule has 662 valence electrons. The van der Waals surface area contributed by atoms with Gasteiger partial charge in [0.2, 0.25) is 0 Å². The van der Waals surface area contributed by atoms with Gasteiger partial charge in [-0.3, -0.25) is 0 Å². The van der Waals surface area contributed by atoms with Crippen molar-refractivity contribution >= 4 is 0 Å². The number of nitrogens with zero attached hydrogens (tertiary/aromatic N) is 4. The number of hydrogen-bond acceptors (Lipinski definition) is 4. The predicted molar refractivity (Wildman–Crippen MR) is 534 cm³/mol. The predicted octanol–water partition coefficient (Wildman–Crippen LogP) is 31.3. The van der Waals surface area contributed by atoms with E-state index in [0.717, 1.165) is 94.8 Å². The van der Waals surface area contributed by atoms with Gasteiger partial charge in [0.1, 0.15) is 0 Å². The molecule has 0 aliphatic rings. The summed E-state index contributed by atoms with van der Waals surface area (Å²) in [5, 5.41) is 0. The molecule has 17 aromatic carbocycles. The molecular weight excluding hydrogens is 2340 g/mol. The third-order valence-electron chi connectivity index (χ3n) is 20.0. The molecule has 8 heteroatoms. The van der Waals surface area contributed by atoms with Gasteiger partial charge in [0.05, 0.1) is 0 Å². The zero-order valence-electron chi connectivity index (χ0n) is 78.3. The van der Waals surface area contributed by atoms with Gasteiger partial charge >= 0.3 is 0 Å². The first-order chi connectivity index (χ1) is 66.2. The minimum Gasteiger partial charge on any atom is -0.305 e. The van der Waals surface area contributed by atoms with E-state index in [2.05, 4.69) is 208 Å². The van der Waals surface area contributed by atoms with Crippen molar-refractivity contribution in [2.24, 2.45) is 0 Å². The first-order valence-corrected chi connectivity index (χ1v) is 42.1. The van der Waals surface area contributed by atoms with Crippen LogP contribution in [0.3, 0.4) is 0 Å². The quantitative estimate of drug-likeness (QED) is 0.108. The van der Waals surface area contributed by atoms with Crippen molar-refractivity contribution < 1.29 is 92.5 Å². The van der Waals surface area contributed by atoms with Gasteiger partial charge in [-0.25, -0.2) is 44.5 Å². The summed E-state index contributed by atoms with van der Waals surface area (Å²) in [5.74, 6) is 0. The monoisotopic (exact) mass is 2430 g/mol. The van der Waals surface area contributed by atoms with E-state index in [9.17, 15) is 0 Å². The molecule has 0 unspecified atom stereocenters. The van der Waals surface area contributed by atoms with Crippen LogP contribution >= 0.6 is 0 Å². The van der Waals surface area contributed by atoms with Crippen LogP contribution in [-0.4, -0.2) is 19.9 Å². The van der Waals surface area contributed by atoms with E-state index in [1.807, 2.05) is 359 Å². The zero-order chi connectivity index (χ0) is 93.3. The standard InChI is InChI=1S/C24H16.C19H16N.C18H14N.C18H12.2C12H8.2C11H8N.4Pt/c1-3-9-19(10-4-1)21-13-7-15-23(17-21)24-16-8-14-22(18-24)20-11-5-2-6-12-20;1-14-8-10-16(11-9-14)18-12-19(20-13-15(18)2)17-6-4-3-5-7-17;1-14-13-19-18(16-10-6-3-7-11-16)12-17(14)15-8-4-2-5-9-15;1-3-8-15(9-4-1)17-12-7-13-18(14-17)16-10-5-2-6-11-16;2*1-3-7-11(8-4-1)12-9-5-2-6-10-12;2*1-2-6-10(7-3-1)11-8-4-5-9-12-11;;;;/h1-14,17-18H;3-6,8-13H,1-2H3;2-10,12-13H,1H3;1-10,12,14H;2*1-7,9H;2*1-6,8-9H;;;;/q-2;2*-1;3*-2;2*-1;;;;/i;2D3;1D3;;;;;;;;;. The number of pyridine rings is 4. The largest absolute Gasteiger partial charge is 0.305 e. The molecule has 4 aromatic heterocycles. The fraction of sp³-hybridized carbons (Fsp3) is 0.0240. The Labute approximate surface area is 852 Å². The van der Waals surface area contributed by atoms with E-state index in [1.54, 1.807) is 12.4 Å². The summed E-state index contributed by atoms with van der Waals surface area (Å²) >= 11 is 0. The van der Waals surface area contributed by atoms with E-state index in [1.165, 1.54) is 45.8 Å². The summed E-state index contributed by atoms with van der Waals surface area (Å²) in [7, 11) is 0. The molecule has 0 atom stereocenters. The molecule has 0 aliphatic carbocycles. The maximum atomic E-state index is 7.77. The van der Waals surface area contributed by atoms with Crippen molar-refractivity contribution in [1.82, 2.24) is 19.9 Å². The summed E-state index contributed by atoms with van der Waals surface area (Å²) < 4.78 is 46.5. The molecule has 133 heavy (non-hydrogen) atoms. The molecule has 0 aliphatic heterocycles. The van der Waals surface area contributed by atoms with Gasteiger partial charge in [0, 0.05) is 117 Å². The van der Waals surface area contributed by atoms with Crippen LogP contribution in [-0.2, 0) is 84.3 Å². The van der Waals surface area contributed by atoms with Crippen molar-refractivity contribution in [3.05, 3.63) is 581 Å². The Bertz CT molecular complexity index is 6450. The Hall–Kier alpha value is -13.9. The summed E-state index contributed by atoms with van der Waals surface area (Å²) in [6.45, 7) is -2.39. The summed E-state index contributed by atoms with van der Waals surface area (Å²) in [5.41, 5.74) is 27.8. The van der Waals surface area contributed by atoms with Gasteiger partial charge in [-0.2, -0.15) is 176 Å². The van der Waals surface area contributed by atoms with Crippen LogP contribution in [0, 0.1) is 93.4 Å². The molecule has 4 heterocycles. The van der Waals surface area contributed by atoms with Crippen LogP contribution < -0.4 is 0 Å². The van der Waals surface area contributed by atoms with Crippen molar-refractivity contribution in [2.75, 3.05) is 0 Å². The van der Waals surface area contributed by atoms with Crippen LogP contribution in [0.5, 0.6) is 0 Å². The van der Waals surface area contributed by atoms with Crippen molar-refractivity contribution in [3.8, 4) is 145 Å². The Morgan fingerprint density at radius 2 is 0.414 bits per heavy atom. The fourth-order valence-corrected chi connectivity index (χ4v) is 13.4. The SMILES string of the molecule is [2H]C([2H])([2H])c1cnc(-c2[c-]cccc2)cc1-c1ccc(C)cc1.[2H]C([2H])([2H])c1cnc(-c2[c-]cccc2)cc1-c1ccccc1.[Pt].[Pt].[Pt].[Pt].[c-]1ccc(-c2ccccc2)cc1-c1[c-]ccc(-c2ccccc2)c1.[c-]1ccccc1-c1[c-]ccc(-c2ccccc2)c1.[c-]1ccccc1-c1[c-]cccc1.[c-]1ccccc1-c1[c-]cccc1.[c-]1ccccc1-c1ccccn1.[c-]1ccccc1-c1ccccn1. The van der Waals surface area contributed by atoms with Gasteiger partial charge in [0.15, 0.2) is 0 Å². The number of aryl methyl sites for hydroxylation is 3.